The Morgan fingerprint density at radius 2 is 1.63 bits per heavy atom. The number of sulfonamides is 1. The third-order valence-electron chi connectivity index (χ3n) is 4.73. The summed E-state index contributed by atoms with van der Waals surface area (Å²) in [7, 11) is -3.73. The predicted octanol–water partition coefficient (Wildman–Crippen LogP) is 2.61. The molecule has 1 saturated heterocycles. The molecular weight excluding hydrogens is 370 g/mol. The van der Waals surface area contributed by atoms with Crippen molar-refractivity contribution in [3.05, 3.63) is 42.0 Å². The third kappa shape index (κ3) is 3.38. The Bertz CT molecular complexity index is 995. The van der Waals surface area contributed by atoms with Crippen molar-refractivity contribution in [1.29, 1.82) is 0 Å². The topological polar surface area (TPSA) is 93.1 Å². The van der Waals surface area contributed by atoms with Crippen LogP contribution in [0.25, 0.3) is 11.1 Å². The quantitative estimate of drug-likeness (QED) is 0.864. The molecule has 4 rings (SSSR count). The fourth-order valence-electron chi connectivity index (χ4n) is 3.34. The van der Waals surface area contributed by atoms with Crippen LogP contribution in [0.15, 0.2) is 41.3 Å². The number of ether oxygens (including phenoxy) is 2. The fourth-order valence-corrected chi connectivity index (χ4v) is 4.93. The van der Waals surface area contributed by atoms with Crippen molar-refractivity contribution in [2.24, 2.45) is 0 Å². The summed E-state index contributed by atoms with van der Waals surface area (Å²) in [6, 6.07) is 9.45. The lowest BCUT2D eigenvalue weighted by Gasteiger charge is -2.19. The Balaban J connectivity index is 1.81. The molecule has 0 bridgehead atoms. The van der Waals surface area contributed by atoms with E-state index >= 15 is 0 Å². The van der Waals surface area contributed by atoms with E-state index in [1.807, 2.05) is 0 Å². The molecule has 2 aliphatic heterocycles. The van der Waals surface area contributed by atoms with Crippen molar-refractivity contribution >= 4 is 16.0 Å². The molecule has 0 aromatic heterocycles. The largest absolute Gasteiger partial charge is 0.486 e. The lowest BCUT2D eigenvalue weighted by molar-refractivity contribution is 0.0696. The molecule has 0 amide bonds. The number of hydrogen-bond donors (Lipinski definition) is 1. The minimum Gasteiger partial charge on any atom is -0.486 e. The second-order valence-corrected chi connectivity index (χ2v) is 8.46. The van der Waals surface area contributed by atoms with E-state index in [0.717, 1.165) is 12.8 Å². The molecule has 0 atom stereocenters. The van der Waals surface area contributed by atoms with E-state index in [0.29, 0.717) is 48.9 Å². The number of fused-ring (bicyclic) bond motifs is 1. The van der Waals surface area contributed by atoms with E-state index < -0.39 is 16.0 Å². The lowest BCUT2D eigenvalue weighted by atomic mass is 10.0. The Morgan fingerprint density at radius 1 is 0.926 bits per heavy atom. The Kier molecular flexibility index (Phi) is 4.53. The van der Waals surface area contributed by atoms with Crippen LogP contribution in [0.4, 0.5) is 0 Å². The molecule has 1 fully saturated rings. The third-order valence-corrected chi connectivity index (χ3v) is 6.61. The monoisotopic (exact) mass is 389 g/mol. The van der Waals surface area contributed by atoms with Crippen molar-refractivity contribution < 1.29 is 27.8 Å². The van der Waals surface area contributed by atoms with Crippen molar-refractivity contribution in [1.82, 2.24) is 4.31 Å². The zero-order valence-corrected chi connectivity index (χ0v) is 15.4. The van der Waals surface area contributed by atoms with Gasteiger partial charge < -0.3 is 14.6 Å². The fraction of sp³-hybridized carbons (Fsp3) is 0.316. The van der Waals surface area contributed by atoms with Gasteiger partial charge in [-0.3, -0.25) is 0 Å². The van der Waals surface area contributed by atoms with Crippen molar-refractivity contribution in [2.45, 2.75) is 17.7 Å². The first-order valence-electron chi connectivity index (χ1n) is 8.74. The highest BCUT2D eigenvalue weighted by Crippen LogP contribution is 2.36. The van der Waals surface area contributed by atoms with E-state index in [4.69, 9.17) is 9.47 Å². The number of hydrogen-bond acceptors (Lipinski definition) is 5. The number of carbonyl (C=O) groups is 1. The maximum Gasteiger partial charge on any atom is 0.335 e. The lowest BCUT2D eigenvalue weighted by Crippen LogP contribution is -2.28. The Morgan fingerprint density at radius 3 is 2.33 bits per heavy atom. The summed E-state index contributed by atoms with van der Waals surface area (Å²) < 4.78 is 38.3. The molecule has 27 heavy (non-hydrogen) atoms. The summed E-state index contributed by atoms with van der Waals surface area (Å²) >= 11 is 0. The number of aromatic carboxylic acids is 1. The summed E-state index contributed by atoms with van der Waals surface area (Å²) in [5.41, 5.74) is 1.10. The van der Waals surface area contributed by atoms with Gasteiger partial charge in [-0.05, 0) is 54.3 Å². The average molecular weight is 389 g/mol. The molecule has 142 valence electrons. The van der Waals surface area contributed by atoms with E-state index in [2.05, 4.69) is 0 Å². The molecule has 2 aromatic carbocycles. The average Bonchev–Trinajstić information content (AvgIpc) is 3.23. The summed E-state index contributed by atoms with van der Waals surface area (Å²) in [5, 5.41) is 9.45. The standard InChI is InChI=1S/C19H19NO6S/c21-19(22)15-9-14(13-3-4-17-18(12-13)26-8-7-25-17)10-16(11-15)27(23,24)20-5-1-2-6-20/h3-4,9-12H,1-2,5-8H2,(H,21,22). The summed E-state index contributed by atoms with van der Waals surface area (Å²) in [6.07, 6.45) is 1.62. The van der Waals surface area contributed by atoms with Gasteiger partial charge in [-0.15, -0.1) is 0 Å². The van der Waals surface area contributed by atoms with Gasteiger partial charge >= 0.3 is 5.97 Å². The van der Waals surface area contributed by atoms with Crippen LogP contribution in [0.3, 0.4) is 0 Å². The van der Waals surface area contributed by atoms with Gasteiger partial charge in [0.05, 0.1) is 10.5 Å². The molecule has 8 heteroatoms. The molecule has 1 N–H and O–H groups in total. The van der Waals surface area contributed by atoms with Gasteiger partial charge in [0.2, 0.25) is 10.0 Å². The smallest absolute Gasteiger partial charge is 0.335 e. The minimum absolute atomic E-state index is 0.00538. The molecule has 2 aliphatic rings. The molecule has 2 heterocycles. The highest BCUT2D eigenvalue weighted by molar-refractivity contribution is 7.89. The number of carboxylic acids is 1. The molecule has 0 radical (unpaired) electrons. The van der Waals surface area contributed by atoms with E-state index in [1.165, 1.54) is 22.5 Å². The van der Waals surface area contributed by atoms with Gasteiger partial charge in [-0.25, -0.2) is 13.2 Å². The van der Waals surface area contributed by atoms with Crippen LogP contribution in [0.5, 0.6) is 11.5 Å². The summed E-state index contributed by atoms with van der Waals surface area (Å²) in [6.45, 7) is 1.82. The van der Waals surface area contributed by atoms with E-state index in [9.17, 15) is 18.3 Å². The Labute approximate surface area is 157 Å². The van der Waals surface area contributed by atoms with Gasteiger partial charge in [0.1, 0.15) is 13.2 Å². The van der Waals surface area contributed by atoms with Crippen molar-refractivity contribution in [2.75, 3.05) is 26.3 Å². The van der Waals surface area contributed by atoms with Gasteiger partial charge in [0.25, 0.3) is 0 Å². The molecule has 0 unspecified atom stereocenters. The number of rotatable bonds is 4. The SMILES string of the molecule is O=C(O)c1cc(-c2ccc3c(c2)OCCO3)cc(S(=O)(=O)N2CCCC2)c1. The first-order valence-corrected chi connectivity index (χ1v) is 10.2. The first kappa shape index (κ1) is 17.8. The zero-order chi connectivity index (χ0) is 19.0. The molecular formula is C19H19NO6S. The normalized spacial score (nSPS) is 17.0. The van der Waals surface area contributed by atoms with Crippen LogP contribution >= 0.6 is 0 Å². The predicted molar refractivity (Wildman–Crippen MR) is 97.8 cm³/mol. The van der Waals surface area contributed by atoms with E-state index in [-0.39, 0.29) is 10.5 Å². The molecule has 0 aliphatic carbocycles. The van der Waals surface area contributed by atoms with Gasteiger partial charge in [0, 0.05) is 13.1 Å². The van der Waals surface area contributed by atoms with Crippen LogP contribution < -0.4 is 9.47 Å². The zero-order valence-electron chi connectivity index (χ0n) is 14.6. The van der Waals surface area contributed by atoms with Gasteiger partial charge in [-0.2, -0.15) is 4.31 Å². The number of carboxylic acid groups (broad SMARTS) is 1. The van der Waals surface area contributed by atoms with Crippen LogP contribution in [0.1, 0.15) is 23.2 Å². The molecule has 2 aromatic rings. The Hall–Kier alpha value is -2.58. The van der Waals surface area contributed by atoms with Crippen molar-refractivity contribution in [3.63, 3.8) is 0 Å². The minimum atomic E-state index is -3.73. The van der Waals surface area contributed by atoms with Gasteiger partial charge in [-0.1, -0.05) is 6.07 Å². The molecule has 0 saturated carbocycles. The van der Waals surface area contributed by atoms with Crippen LogP contribution in [0.2, 0.25) is 0 Å². The highest BCUT2D eigenvalue weighted by Gasteiger charge is 2.28. The highest BCUT2D eigenvalue weighted by atomic mass is 32.2. The number of benzene rings is 2. The number of nitrogens with zero attached hydrogens (tertiary/aromatic N) is 1. The maximum atomic E-state index is 12.9. The summed E-state index contributed by atoms with van der Waals surface area (Å²) in [4.78, 5) is 11.6. The van der Waals surface area contributed by atoms with E-state index in [1.54, 1.807) is 18.2 Å². The second-order valence-electron chi connectivity index (χ2n) is 6.52. The second kappa shape index (κ2) is 6.86. The molecule has 7 nitrogen and oxygen atoms in total. The van der Waals surface area contributed by atoms with Crippen LogP contribution in [0, 0.1) is 0 Å². The molecule has 0 spiro atoms. The van der Waals surface area contributed by atoms with Crippen LogP contribution in [-0.2, 0) is 10.0 Å². The van der Waals surface area contributed by atoms with Gasteiger partial charge in [0.15, 0.2) is 11.5 Å². The first-order chi connectivity index (χ1) is 12.9. The van der Waals surface area contributed by atoms with Crippen molar-refractivity contribution in [3.8, 4) is 22.6 Å². The maximum absolute atomic E-state index is 12.9. The summed E-state index contributed by atoms with van der Waals surface area (Å²) in [5.74, 6) is -0.00000528. The van der Waals surface area contributed by atoms with Crippen LogP contribution in [-0.4, -0.2) is 50.1 Å².